The summed E-state index contributed by atoms with van der Waals surface area (Å²) >= 11 is 0. The van der Waals surface area contributed by atoms with Crippen LogP contribution in [0, 0.1) is 0 Å². The van der Waals surface area contributed by atoms with Gasteiger partial charge in [-0.25, -0.2) is 0 Å². The van der Waals surface area contributed by atoms with Crippen LogP contribution in [0.15, 0.2) is 78.9 Å². The molecule has 2 nitrogen and oxygen atoms in total. The second-order valence-corrected chi connectivity index (χ2v) is 4.66. The summed E-state index contributed by atoms with van der Waals surface area (Å²) < 4.78 is 0. The number of hydrogen-bond donors (Lipinski definition) is 0. The fourth-order valence-electron chi connectivity index (χ4n) is 2.40. The van der Waals surface area contributed by atoms with Crippen molar-refractivity contribution in [2.45, 2.75) is 0 Å². The Morgan fingerprint density at radius 3 is 1.48 bits per heavy atom. The number of benzene rings is 3. The molecule has 104 valence electrons. The molecule has 0 aliphatic rings. The summed E-state index contributed by atoms with van der Waals surface area (Å²) in [6.45, 7) is 0. The van der Waals surface area contributed by atoms with E-state index >= 15 is 0 Å². The summed E-state index contributed by atoms with van der Waals surface area (Å²) in [6.07, 6.45) is 0. The smallest absolute Gasteiger partial charge is 0.180 e. The van der Waals surface area contributed by atoms with Crippen molar-refractivity contribution < 1.29 is 9.78 Å². The molecule has 0 radical (unpaired) electrons. The molecule has 0 aliphatic heterocycles. The maximum atomic E-state index is 5.48. The average Bonchev–Trinajstić information content (AvgIpc) is 2.57. The molecule has 0 saturated heterocycles. The molecule has 0 fully saturated rings. The summed E-state index contributed by atoms with van der Waals surface area (Å²) in [5, 5.41) is 0. The monoisotopic (exact) mass is 276 g/mol. The maximum absolute atomic E-state index is 5.48. The summed E-state index contributed by atoms with van der Waals surface area (Å²) in [7, 11) is 1.52. The SMILES string of the molecule is COOc1c(-c2ccccc2)cccc1-c1ccccc1. The minimum absolute atomic E-state index is 0.734. The van der Waals surface area contributed by atoms with Crippen LogP contribution in [0.25, 0.3) is 22.3 Å². The van der Waals surface area contributed by atoms with Gasteiger partial charge in [-0.3, -0.25) is 0 Å². The maximum Gasteiger partial charge on any atom is 0.180 e. The zero-order valence-electron chi connectivity index (χ0n) is 11.8. The standard InChI is InChI=1S/C19H16O2/c1-20-21-19-17(15-9-4-2-5-10-15)13-8-14-18(19)16-11-6-3-7-12-16/h2-14H,1H3. The van der Waals surface area contributed by atoms with Gasteiger partial charge in [-0.2, -0.15) is 4.89 Å². The third-order valence-electron chi connectivity index (χ3n) is 3.35. The fraction of sp³-hybridized carbons (Fsp3) is 0.0526. The van der Waals surface area contributed by atoms with Gasteiger partial charge < -0.3 is 4.89 Å². The van der Waals surface area contributed by atoms with Crippen LogP contribution in [0.5, 0.6) is 5.75 Å². The zero-order valence-corrected chi connectivity index (χ0v) is 11.8. The van der Waals surface area contributed by atoms with Crippen molar-refractivity contribution in [2.75, 3.05) is 7.11 Å². The highest BCUT2D eigenvalue weighted by molar-refractivity contribution is 5.82. The highest BCUT2D eigenvalue weighted by Crippen LogP contribution is 2.38. The van der Waals surface area contributed by atoms with Gasteiger partial charge in [-0.05, 0) is 11.1 Å². The molecule has 2 heteroatoms. The molecule has 3 aromatic rings. The minimum Gasteiger partial charge on any atom is -0.337 e. The number of rotatable bonds is 4. The van der Waals surface area contributed by atoms with E-state index in [-0.39, 0.29) is 0 Å². The van der Waals surface area contributed by atoms with Crippen LogP contribution in [0.4, 0.5) is 0 Å². The predicted molar refractivity (Wildman–Crippen MR) is 85.0 cm³/mol. The quantitative estimate of drug-likeness (QED) is 0.495. The van der Waals surface area contributed by atoms with Gasteiger partial charge in [-0.1, -0.05) is 78.9 Å². The molecule has 0 heterocycles. The first-order chi connectivity index (χ1) is 10.4. The third-order valence-corrected chi connectivity index (χ3v) is 3.35. The van der Waals surface area contributed by atoms with Gasteiger partial charge in [0.2, 0.25) is 0 Å². The minimum atomic E-state index is 0.734. The fourth-order valence-corrected chi connectivity index (χ4v) is 2.40. The molecule has 0 amide bonds. The van der Waals surface area contributed by atoms with Crippen LogP contribution in [-0.2, 0) is 4.89 Å². The molecule has 0 saturated carbocycles. The van der Waals surface area contributed by atoms with Crippen LogP contribution in [-0.4, -0.2) is 7.11 Å². The lowest BCUT2D eigenvalue weighted by Gasteiger charge is -2.13. The zero-order chi connectivity index (χ0) is 14.5. The van der Waals surface area contributed by atoms with Crippen molar-refractivity contribution >= 4 is 0 Å². The highest BCUT2D eigenvalue weighted by Gasteiger charge is 2.13. The number of para-hydroxylation sites is 1. The molecule has 0 unspecified atom stereocenters. The van der Waals surface area contributed by atoms with Gasteiger partial charge >= 0.3 is 0 Å². The van der Waals surface area contributed by atoms with Gasteiger partial charge in [0.05, 0.1) is 7.11 Å². The molecule has 3 aromatic carbocycles. The van der Waals surface area contributed by atoms with Crippen molar-refractivity contribution in [1.29, 1.82) is 0 Å². The molecule has 0 aromatic heterocycles. The van der Waals surface area contributed by atoms with Crippen molar-refractivity contribution in [2.24, 2.45) is 0 Å². The van der Waals surface area contributed by atoms with Crippen molar-refractivity contribution in [3.8, 4) is 28.0 Å². The van der Waals surface area contributed by atoms with Gasteiger partial charge in [0.1, 0.15) is 0 Å². The Morgan fingerprint density at radius 1 is 0.571 bits per heavy atom. The second kappa shape index (κ2) is 6.25. The average molecular weight is 276 g/mol. The van der Waals surface area contributed by atoms with E-state index < -0.39 is 0 Å². The normalized spacial score (nSPS) is 10.3. The summed E-state index contributed by atoms with van der Waals surface area (Å²) in [6, 6.07) is 26.4. The Bertz CT molecular complexity index is 648. The molecule has 0 bridgehead atoms. The molecule has 0 spiro atoms. The van der Waals surface area contributed by atoms with E-state index in [1.165, 1.54) is 7.11 Å². The van der Waals surface area contributed by atoms with Crippen molar-refractivity contribution in [3.05, 3.63) is 78.9 Å². The van der Waals surface area contributed by atoms with Crippen LogP contribution in [0.1, 0.15) is 0 Å². The molecule has 3 rings (SSSR count). The lowest BCUT2D eigenvalue weighted by atomic mass is 9.97. The first kappa shape index (κ1) is 13.4. The first-order valence-corrected chi connectivity index (χ1v) is 6.84. The van der Waals surface area contributed by atoms with Gasteiger partial charge in [-0.15, -0.1) is 0 Å². The van der Waals surface area contributed by atoms with E-state index in [2.05, 4.69) is 24.3 Å². The highest BCUT2D eigenvalue weighted by atomic mass is 17.2. The van der Waals surface area contributed by atoms with E-state index in [9.17, 15) is 0 Å². The van der Waals surface area contributed by atoms with Crippen LogP contribution in [0.2, 0.25) is 0 Å². The van der Waals surface area contributed by atoms with Crippen LogP contribution in [0.3, 0.4) is 0 Å². The van der Waals surface area contributed by atoms with Gasteiger partial charge in [0, 0.05) is 11.1 Å². The Balaban J connectivity index is 2.18. The summed E-state index contributed by atoms with van der Waals surface area (Å²) in [5.41, 5.74) is 4.22. The number of hydrogen-bond acceptors (Lipinski definition) is 2. The van der Waals surface area contributed by atoms with Crippen molar-refractivity contribution in [1.82, 2.24) is 0 Å². The molecule has 0 N–H and O–H groups in total. The van der Waals surface area contributed by atoms with E-state index in [4.69, 9.17) is 9.78 Å². The summed E-state index contributed by atoms with van der Waals surface area (Å²) in [4.78, 5) is 10.4. The topological polar surface area (TPSA) is 18.5 Å². The van der Waals surface area contributed by atoms with E-state index in [0.29, 0.717) is 0 Å². The van der Waals surface area contributed by atoms with E-state index in [1.807, 2.05) is 54.6 Å². The van der Waals surface area contributed by atoms with Crippen molar-refractivity contribution in [3.63, 3.8) is 0 Å². The second-order valence-electron chi connectivity index (χ2n) is 4.66. The molecular formula is C19H16O2. The Kier molecular flexibility index (Phi) is 3.99. The molecule has 0 atom stereocenters. The Labute approximate surface area is 124 Å². The lowest BCUT2D eigenvalue weighted by Crippen LogP contribution is -1.96. The molecular weight excluding hydrogens is 260 g/mol. The Morgan fingerprint density at radius 2 is 1.05 bits per heavy atom. The molecule has 0 aliphatic carbocycles. The lowest BCUT2D eigenvalue weighted by molar-refractivity contribution is -0.177. The summed E-state index contributed by atoms with van der Waals surface area (Å²) in [5.74, 6) is 0.734. The molecule has 21 heavy (non-hydrogen) atoms. The Hall–Kier alpha value is -2.58. The first-order valence-electron chi connectivity index (χ1n) is 6.84. The van der Waals surface area contributed by atoms with E-state index in [1.54, 1.807) is 0 Å². The van der Waals surface area contributed by atoms with Crippen LogP contribution < -0.4 is 4.89 Å². The third kappa shape index (κ3) is 2.81. The van der Waals surface area contributed by atoms with Gasteiger partial charge in [0.25, 0.3) is 0 Å². The largest absolute Gasteiger partial charge is 0.337 e. The van der Waals surface area contributed by atoms with Crippen LogP contribution >= 0.6 is 0 Å². The van der Waals surface area contributed by atoms with E-state index in [0.717, 1.165) is 28.0 Å². The van der Waals surface area contributed by atoms with Gasteiger partial charge in [0.15, 0.2) is 5.75 Å². The predicted octanol–water partition coefficient (Wildman–Crippen LogP) is 4.96.